The molecule has 1 atom stereocenters. The molecule has 6 heteroatoms. The summed E-state index contributed by atoms with van der Waals surface area (Å²) in [6.45, 7) is 0. The second kappa shape index (κ2) is 7.61. The van der Waals surface area contributed by atoms with Crippen molar-refractivity contribution in [2.45, 2.75) is 25.3 Å². The van der Waals surface area contributed by atoms with E-state index < -0.39 is 12.0 Å². The SMILES string of the molecule is O=C(CCc1ccccn1)N[C@@H](Cc1c[nH]c2ccccc12)C(=O)O. The molecule has 0 saturated heterocycles. The van der Waals surface area contributed by atoms with Crippen LogP contribution in [0.1, 0.15) is 17.7 Å². The summed E-state index contributed by atoms with van der Waals surface area (Å²) in [6.07, 6.45) is 4.38. The molecule has 0 unspecified atom stereocenters. The van der Waals surface area contributed by atoms with Crippen molar-refractivity contribution < 1.29 is 14.7 Å². The van der Waals surface area contributed by atoms with E-state index in [-0.39, 0.29) is 18.7 Å². The van der Waals surface area contributed by atoms with Crippen molar-refractivity contribution in [1.29, 1.82) is 0 Å². The van der Waals surface area contributed by atoms with Gasteiger partial charge in [0.2, 0.25) is 5.91 Å². The lowest BCUT2D eigenvalue weighted by atomic mass is 10.0. The fourth-order valence-electron chi connectivity index (χ4n) is 2.77. The Hall–Kier alpha value is -3.15. The van der Waals surface area contributed by atoms with Crippen molar-refractivity contribution in [2.24, 2.45) is 0 Å². The van der Waals surface area contributed by atoms with Gasteiger partial charge in [0.25, 0.3) is 0 Å². The maximum atomic E-state index is 12.1. The summed E-state index contributed by atoms with van der Waals surface area (Å²) in [6, 6.07) is 12.2. The third kappa shape index (κ3) is 4.23. The standard InChI is InChI=1S/C19H19N3O3/c23-18(9-8-14-5-3-4-10-20-14)22-17(19(24)25)11-13-12-21-16-7-2-1-6-15(13)16/h1-7,10,12,17,21H,8-9,11H2,(H,22,23)(H,24,25)/t17-/m0/s1. The number of nitrogens with zero attached hydrogens (tertiary/aromatic N) is 1. The normalized spacial score (nSPS) is 12.0. The molecule has 2 aromatic heterocycles. The number of aryl methyl sites for hydroxylation is 1. The Morgan fingerprint density at radius 3 is 2.72 bits per heavy atom. The molecule has 1 amide bonds. The van der Waals surface area contributed by atoms with Gasteiger partial charge >= 0.3 is 5.97 Å². The van der Waals surface area contributed by atoms with E-state index in [0.29, 0.717) is 6.42 Å². The van der Waals surface area contributed by atoms with Gasteiger partial charge in [-0.1, -0.05) is 24.3 Å². The Balaban J connectivity index is 1.63. The first kappa shape index (κ1) is 16.7. The minimum Gasteiger partial charge on any atom is -0.480 e. The highest BCUT2D eigenvalue weighted by atomic mass is 16.4. The number of fused-ring (bicyclic) bond motifs is 1. The van der Waals surface area contributed by atoms with Gasteiger partial charge in [0.05, 0.1) is 0 Å². The van der Waals surface area contributed by atoms with Crippen LogP contribution in [0, 0.1) is 0 Å². The van der Waals surface area contributed by atoms with Gasteiger partial charge in [-0.25, -0.2) is 4.79 Å². The van der Waals surface area contributed by atoms with Crippen LogP contribution in [0.3, 0.4) is 0 Å². The first-order valence-electron chi connectivity index (χ1n) is 8.10. The number of amides is 1. The maximum absolute atomic E-state index is 12.1. The van der Waals surface area contributed by atoms with Crippen molar-refractivity contribution in [3.63, 3.8) is 0 Å². The number of nitrogens with one attached hydrogen (secondary N) is 2. The molecule has 0 bridgehead atoms. The van der Waals surface area contributed by atoms with Gasteiger partial charge in [-0.2, -0.15) is 0 Å². The van der Waals surface area contributed by atoms with Crippen LogP contribution in [0.2, 0.25) is 0 Å². The Morgan fingerprint density at radius 2 is 1.96 bits per heavy atom. The zero-order valence-electron chi connectivity index (χ0n) is 13.6. The number of para-hydroxylation sites is 1. The Labute approximate surface area is 144 Å². The van der Waals surface area contributed by atoms with Gasteiger partial charge in [0, 0.05) is 41.8 Å². The number of carboxylic acids is 1. The monoisotopic (exact) mass is 337 g/mol. The van der Waals surface area contributed by atoms with Crippen molar-refractivity contribution in [3.05, 3.63) is 66.1 Å². The Bertz CT molecular complexity index is 874. The van der Waals surface area contributed by atoms with Crippen LogP contribution in [-0.4, -0.2) is 33.0 Å². The van der Waals surface area contributed by atoms with Gasteiger partial charge in [-0.05, 0) is 30.2 Å². The van der Waals surface area contributed by atoms with E-state index in [1.165, 1.54) is 0 Å². The highest BCUT2D eigenvalue weighted by Crippen LogP contribution is 2.19. The average molecular weight is 337 g/mol. The third-order valence-corrected chi connectivity index (χ3v) is 4.07. The Morgan fingerprint density at radius 1 is 1.16 bits per heavy atom. The summed E-state index contributed by atoms with van der Waals surface area (Å²) in [5.41, 5.74) is 2.62. The number of hydrogen-bond donors (Lipinski definition) is 3. The average Bonchev–Trinajstić information content (AvgIpc) is 3.03. The van der Waals surface area contributed by atoms with Crippen molar-refractivity contribution in [1.82, 2.24) is 15.3 Å². The highest BCUT2D eigenvalue weighted by molar-refractivity contribution is 5.86. The molecule has 0 fully saturated rings. The van der Waals surface area contributed by atoms with E-state index in [0.717, 1.165) is 22.2 Å². The molecule has 3 rings (SSSR count). The van der Waals surface area contributed by atoms with Gasteiger partial charge in [0.15, 0.2) is 0 Å². The number of benzene rings is 1. The molecule has 2 heterocycles. The van der Waals surface area contributed by atoms with Crippen LogP contribution in [-0.2, 0) is 22.4 Å². The van der Waals surface area contributed by atoms with Gasteiger partial charge in [-0.3, -0.25) is 9.78 Å². The maximum Gasteiger partial charge on any atom is 0.326 e. The summed E-state index contributed by atoms with van der Waals surface area (Å²) in [5, 5.41) is 13.0. The minimum absolute atomic E-state index is 0.203. The molecule has 0 aliphatic heterocycles. The summed E-state index contributed by atoms with van der Waals surface area (Å²) in [5.74, 6) is -1.34. The van der Waals surface area contributed by atoms with Crippen molar-refractivity contribution in [2.75, 3.05) is 0 Å². The molecule has 128 valence electrons. The molecule has 0 aliphatic rings. The van der Waals surface area contributed by atoms with Crippen molar-refractivity contribution >= 4 is 22.8 Å². The number of aromatic amines is 1. The zero-order valence-corrected chi connectivity index (χ0v) is 13.6. The van der Waals surface area contributed by atoms with Crippen LogP contribution in [0.4, 0.5) is 0 Å². The number of aliphatic carboxylic acids is 1. The summed E-state index contributed by atoms with van der Waals surface area (Å²) < 4.78 is 0. The summed E-state index contributed by atoms with van der Waals surface area (Å²) in [7, 11) is 0. The predicted molar refractivity (Wildman–Crippen MR) is 94.1 cm³/mol. The van der Waals surface area contributed by atoms with Gasteiger partial charge < -0.3 is 15.4 Å². The molecule has 3 N–H and O–H groups in total. The van der Waals surface area contributed by atoms with Crippen LogP contribution in [0.5, 0.6) is 0 Å². The number of hydrogen-bond acceptors (Lipinski definition) is 3. The van der Waals surface area contributed by atoms with E-state index in [1.807, 2.05) is 42.5 Å². The van der Waals surface area contributed by atoms with Crippen LogP contribution in [0.15, 0.2) is 54.9 Å². The van der Waals surface area contributed by atoms with E-state index in [4.69, 9.17) is 0 Å². The smallest absolute Gasteiger partial charge is 0.326 e. The van der Waals surface area contributed by atoms with Gasteiger partial charge in [-0.15, -0.1) is 0 Å². The fraction of sp³-hybridized carbons (Fsp3) is 0.211. The van der Waals surface area contributed by atoms with Crippen molar-refractivity contribution in [3.8, 4) is 0 Å². The molecule has 1 aromatic carbocycles. The number of carbonyl (C=O) groups excluding carboxylic acids is 1. The quantitative estimate of drug-likeness (QED) is 0.616. The highest BCUT2D eigenvalue weighted by Gasteiger charge is 2.21. The number of rotatable bonds is 7. The molecule has 0 saturated carbocycles. The third-order valence-electron chi connectivity index (χ3n) is 4.07. The first-order valence-corrected chi connectivity index (χ1v) is 8.10. The number of pyridine rings is 1. The topological polar surface area (TPSA) is 95.1 Å². The van der Waals surface area contributed by atoms with Gasteiger partial charge in [0.1, 0.15) is 6.04 Å². The second-order valence-electron chi connectivity index (χ2n) is 5.84. The van der Waals surface area contributed by atoms with Crippen LogP contribution < -0.4 is 5.32 Å². The molecular formula is C19H19N3O3. The van der Waals surface area contributed by atoms with E-state index >= 15 is 0 Å². The number of carboxylic acid groups (broad SMARTS) is 1. The fourth-order valence-corrected chi connectivity index (χ4v) is 2.77. The minimum atomic E-state index is -1.04. The molecular weight excluding hydrogens is 318 g/mol. The number of aromatic nitrogens is 2. The Kier molecular flexibility index (Phi) is 5.09. The number of H-pyrrole nitrogens is 1. The molecule has 0 aliphatic carbocycles. The predicted octanol–water partition coefficient (Wildman–Crippen LogP) is 2.31. The van der Waals surface area contributed by atoms with E-state index in [9.17, 15) is 14.7 Å². The molecule has 6 nitrogen and oxygen atoms in total. The largest absolute Gasteiger partial charge is 0.480 e. The zero-order chi connectivity index (χ0) is 17.6. The van der Waals surface area contributed by atoms with E-state index in [1.54, 1.807) is 12.4 Å². The van der Waals surface area contributed by atoms with E-state index in [2.05, 4.69) is 15.3 Å². The lowest BCUT2D eigenvalue weighted by molar-refractivity contribution is -0.141. The molecule has 0 spiro atoms. The lowest BCUT2D eigenvalue weighted by Gasteiger charge is -2.14. The number of carbonyl (C=O) groups is 2. The molecule has 3 aromatic rings. The van der Waals surface area contributed by atoms with Crippen LogP contribution in [0.25, 0.3) is 10.9 Å². The second-order valence-corrected chi connectivity index (χ2v) is 5.84. The molecule has 25 heavy (non-hydrogen) atoms. The summed E-state index contributed by atoms with van der Waals surface area (Å²) in [4.78, 5) is 30.9. The summed E-state index contributed by atoms with van der Waals surface area (Å²) >= 11 is 0. The first-order chi connectivity index (χ1) is 12.1. The lowest BCUT2D eigenvalue weighted by Crippen LogP contribution is -2.42. The van der Waals surface area contributed by atoms with Crippen LogP contribution >= 0.6 is 0 Å². The molecule has 0 radical (unpaired) electrons.